The number of rotatable bonds is 2. The minimum absolute atomic E-state index is 0.109. The first-order valence-corrected chi connectivity index (χ1v) is 7.74. The predicted octanol–water partition coefficient (Wildman–Crippen LogP) is 1.75. The molecule has 1 aromatic rings. The average molecular weight is 273 g/mol. The van der Waals surface area contributed by atoms with Crippen molar-refractivity contribution in [3.8, 4) is 5.75 Å². The van der Waals surface area contributed by atoms with Crippen molar-refractivity contribution in [2.45, 2.75) is 30.2 Å². The minimum Gasteiger partial charge on any atom is -0.508 e. The average Bonchev–Trinajstić information content (AvgIpc) is 2.31. The summed E-state index contributed by atoms with van der Waals surface area (Å²) in [7, 11) is -3.66. The number of phenolic OH excluding ortho intramolecular Hbond substituents is 1. The SMILES string of the molecule is CS(=O)(=O)c1cc(O)c(C2CCCCN2)cc1F. The van der Waals surface area contributed by atoms with Crippen LogP contribution in [0.5, 0.6) is 5.75 Å². The van der Waals surface area contributed by atoms with E-state index in [4.69, 9.17) is 0 Å². The van der Waals surface area contributed by atoms with Gasteiger partial charge in [-0.15, -0.1) is 0 Å². The highest BCUT2D eigenvalue weighted by Crippen LogP contribution is 2.33. The zero-order valence-corrected chi connectivity index (χ0v) is 10.9. The quantitative estimate of drug-likeness (QED) is 0.861. The van der Waals surface area contributed by atoms with Crippen LogP contribution in [0.4, 0.5) is 4.39 Å². The van der Waals surface area contributed by atoms with Crippen LogP contribution in [0.25, 0.3) is 0 Å². The zero-order chi connectivity index (χ0) is 13.3. The molecule has 0 aliphatic carbocycles. The van der Waals surface area contributed by atoms with Gasteiger partial charge in [0, 0.05) is 23.9 Å². The van der Waals surface area contributed by atoms with Crippen LogP contribution in [0.1, 0.15) is 30.9 Å². The first kappa shape index (κ1) is 13.3. The fraction of sp³-hybridized carbons (Fsp3) is 0.500. The lowest BCUT2D eigenvalue weighted by atomic mass is 9.97. The lowest BCUT2D eigenvalue weighted by Crippen LogP contribution is -2.27. The molecule has 0 amide bonds. The van der Waals surface area contributed by atoms with E-state index >= 15 is 0 Å². The van der Waals surface area contributed by atoms with Gasteiger partial charge in [-0.3, -0.25) is 0 Å². The van der Waals surface area contributed by atoms with Crippen molar-refractivity contribution >= 4 is 9.84 Å². The van der Waals surface area contributed by atoms with E-state index in [-0.39, 0.29) is 11.8 Å². The first-order valence-electron chi connectivity index (χ1n) is 5.85. The number of piperidine rings is 1. The van der Waals surface area contributed by atoms with Gasteiger partial charge in [0.1, 0.15) is 16.5 Å². The largest absolute Gasteiger partial charge is 0.508 e. The summed E-state index contributed by atoms with van der Waals surface area (Å²) < 4.78 is 36.4. The lowest BCUT2D eigenvalue weighted by Gasteiger charge is -2.24. The Morgan fingerprint density at radius 2 is 2.11 bits per heavy atom. The molecule has 0 bridgehead atoms. The molecule has 0 aromatic heterocycles. The van der Waals surface area contributed by atoms with Crippen LogP contribution in [0.3, 0.4) is 0 Å². The predicted molar refractivity (Wildman–Crippen MR) is 65.8 cm³/mol. The van der Waals surface area contributed by atoms with E-state index in [0.29, 0.717) is 5.56 Å². The highest BCUT2D eigenvalue weighted by molar-refractivity contribution is 7.90. The normalized spacial score (nSPS) is 20.9. The maximum Gasteiger partial charge on any atom is 0.178 e. The van der Waals surface area contributed by atoms with Gasteiger partial charge in [-0.25, -0.2) is 12.8 Å². The molecule has 0 spiro atoms. The van der Waals surface area contributed by atoms with Gasteiger partial charge >= 0.3 is 0 Å². The van der Waals surface area contributed by atoms with Gasteiger partial charge in [-0.1, -0.05) is 6.42 Å². The number of halogens is 1. The van der Waals surface area contributed by atoms with E-state index < -0.39 is 20.5 Å². The molecule has 1 aliphatic heterocycles. The summed E-state index contributed by atoms with van der Waals surface area (Å²) >= 11 is 0. The van der Waals surface area contributed by atoms with Crippen LogP contribution in [0.2, 0.25) is 0 Å². The lowest BCUT2D eigenvalue weighted by molar-refractivity contribution is 0.387. The van der Waals surface area contributed by atoms with Crippen LogP contribution in [0.15, 0.2) is 17.0 Å². The number of benzene rings is 1. The van der Waals surface area contributed by atoms with Crippen molar-refractivity contribution in [2.75, 3.05) is 12.8 Å². The van der Waals surface area contributed by atoms with Gasteiger partial charge in [0.25, 0.3) is 0 Å². The van der Waals surface area contributed by atoms with Crippen LogP contribution >= 0.6 is 0 Å². The molecular formula is C12H16FNO3S. The Labute approximate surface area is 106 Å². The molecule has 1 aromatic carbocycles. The van der Waals surface area contributed by atoms with Gasteiger partial charge in [0.2, 0.25) is 0 Å². The third-order valence-corrected chi connectivity index (χ3v) is 4.28. The van der Waals surface area contributed by atoms with Crippen LogP contribution < -0.4 is 5.32 Å². The Morgan fingerprint density at radius 3 is 2.67 bits per heavy atom. The number of sulfone groups is 1. The molecule has 1 atom stereocenters. The van der Waals surface area contributed by atoms with Gasteiger partial charge in [0.05, 0.1) is 0 Å². The summed E-state index contributed by atoms with van der Waals surface area (Å²) in [5.41, 5.74) is 0.430. The van der Waals surface area contributed by atoms with Gasteiger partial charge in [-0.2, -0.15) is 0 Å². The third-order valence-electron chi connectivity index (χ3n) is 3.17. The first-order chi connectivity index (χ1) is 8.39. The van der Waals surface area contributed by atoms with Crippen LogP contribution in [-0.4, -0.2) is 26.3 Å². The molecule has 2 rings (SSSR count). The van der Waals surface area contributed by atoms with Crippen molar-refractivity contribution in [3.05, 3.63) is 23.5 Å². The maximum atomic E-state index is 13.8. The molecule has 4 nitrogen and oxygen atoms in total. The van der Waals surface area contributed by atoms with E-state index in [9.17, 15) is 17.9 Å². The van der Waals surface area contributed by atoms with E-state index in [1.165, 1.54) is 0 Å². The van der Waals surface area contributed by atoms with Crippen LogP contribution in [-0.2, 0) is 9.84 Å². The van der Waals surface area contributed by atoms with Crippen molar-refractivity contribution in [1.29, 1.82) is 0 Å². The summed E-state index contributed by atoms with van der Waals surface area (Å²) in [5, 5.41) is 13.0. The fourth-order valence-electron chi connectivity index (χ4n) is 2.24. The molecule has 1 unspecified atom stereocenters. The summed E-state index contributed by atoms with van der Waals surface area (Å²) in [6.07, 6.45) is 3.79. The molecule has 100 valence electrons. The second-order valence-electron chi connectivity index (χ2n) is 4.62. The smallest absolute Gasteiger partial charge is 0.178 e. The van der Waals surface area contributed by atoms with Crippen molar-refractivity contribution in [1.82, 2.24) is 5.32 Å². The van der Waals surface area contributed by atoms with Crippen LogP contribution in [0, 0.1) is 5.82 Å². The number of hydrogen-bond acceptors (Lipinski definition) is 4. The summed E-state index contributed by atoms with van der Waals surface area (Å²) in [5.74, 6) is -0.978. The fourth-order valence-corrected chi connectivity index (χ4v) is 2.98. The molecule has 18 heavy (non-hydrogen) atoms. The number of nitrogens with one attached hydrogen (secondary N) is 1. The Morgan fingerprint density at radius 1 is 1.39 bits per heavy atom. The maximum absolute atomic E-state index is 13.8. The monoisotopic (exact) mass is 273 g/mol. The molecule has 0 saturated carbocycles. The van der Waals surface area contributed by atoms with Crippen molar-refractivity contribution in [2.24, 2.45) is 0 Å². The minimum atomic E-state index is -3.66. The van der Waals surface area contributed by atoms with Gasteiger partial charge < -0.3 is 10.4 Å². The molecular weight excluding hydrogens is 257 g/mol. The topological polar surface area (TPSA) is 66.4 Å². The van der Waals surface area contributed by atoms with Gasteiger partial charge in [0.15, 0.2) is 9.84 Å². The Kier molecular flexibility index (Phi) is 3.59. The Hall–Kier alpha value is -1.14. The Bertz CT molecular complexity index is 551. The third kappa shape index (κ3) is 2.64. The second kappa shape index (κ2) is 4.85. The molecule has 2 N–H and O–H groups in total. The van der Waals surface area contributed by atoms with E-state index in [2.05, 4.69) is 5.32 Å². The summed E-state index contributed by atoms with van der Waals surface area (Å²) in [6, 6.07) is 2.01. The molecule has 6 heteroatoms. The molecule has 1 heterocycles. The molecule has 1 saturated heterocycles. The summed E-state index contributed by atoms with van der Waals surface area (Å²) in [6.45, 7) is 0.819. The van der Waals surface area contributed by atoms with E-state index in [1.54, 1.807) is 0 Å². The highest BCUT2D eigenvalue weighted by Gasteiger charge is 2.22. The number of phenols is 1. The van der Waals surface area contributed by atoms with Crippen molar-refractivity contribution < 1.29 is 17.9 Å². The zero-order valence-electron chi connectivity index (χ0n) is 10.1. The molecule has 1 aliphatic rings. The molecule has 1 fully saturated rings. The second-order valence-corrected chi connectivity index (χ2v) is 6.60. The molecule has 0 radical (unpaired) electrons. The number of hydrogen-bond donors (Lipinski definition) is 2. The van der Waals surface area contributed by atoms with E-state index in [0.717, 1.165) is 44.2 Å². The number of aromatic hydroxyl groups is 1. The Balaban J connectivity index is 2.42. The summed E-state index contributed by atoms with van der Waals surface area (Å²) in [4.78, 5) is -0.459. The van der Waals surface area contributed by atoms with Crippen molar-refractivity contribution in [3.63, 3.8) is 0 Å². The highest BCUT2D eigenvalue weighted by atomic mass is 32.2. The van der Waals surface area contributed by atoms with Gasteiger partial charge in [-0.05, 0) is 25.5 Å². The van der Waals surface area contributed by atoms with E-state index in [1.807, 2.05) is 0 Å². The standard InChI is InChI=1S/C12H16FNO3S/c1-18(16,17)12-7-11(15)8(6-9(12)13)10-4-2-3-5-14-10/h6-7,10,14-15H,2-5H2,1H3.